The molecular weight excluding hydrogens is 501 g/mol. The van der Waals surface area contributed by atoms with Gasteiger partial charge in [0, 0.05) is 28.6 Å². The van der Waals surface area contributed by atoms with E-state index in [1.54, 1.807) is 0 Å². The number of benzene rings is 1. The Labute approximate surface area is 196 Å². The topological polar surface area (TPSA) is 63.1 Å². The highest BCUT2D eigenvalue weighted by atomic mass is 127. The molecule has 1 saturated carbocycles. The second-order valence-corrected chi connectivity index (χ2v) is 10.3. The van der Waals surface area contributed by atoms with Gasteiger partial charge < -0.3 is 10.2 Å². The van der Waals surface area contributed by atoms with Gasteiger partial charge in [0.1, 0.15) is 5.82 Å². The standard InChI is InChI=1S/C24H28IN5O/c1-3-10-30-22-19(15-26-30)16(2)13-21(27-22)28-23(31)18-5-4-17(25)14-20(18)29-11-8-24(6-7-24)9-12-29/h4-5,13-15H,3,6-12H2,1-2H3,(H,27,28,31). The SMILES string of the molecule is CCCn1ncc2c(C)cc(NC(=O)c3ccc(I)cc3N3CCC4(CC3)CC4)nc21. The van der Waals surface area contributed by atoms with E-state index in [4.69, 9.17) is 4.98 Å². The van der Waals surface area contributed by atoms with E-state index >= 15 is 0 Å². The molecule has 1 N–H and O–H groups in total. The Hall–Kier alpha value is -2.16. The van der Waals surface area contributed by atoms with Gasteiger partial charge in [-0.15, -0.1) is 0 Å². The zero-order chi connectivity index (χ0) is 21.6. The van der Waals surface area contributed by atoms with Gasteiger partial charge in [0.2, 0.25) is 0 Å². The molecule has 1 aromatic carbocycles. The normalized spacial score (nSPS) is 17.3. The van der Waals surface area contributed by atoms with E-state index in [2.05, 4.69) is 50.9 Å². The molecule has 0 atom stereocenters. The summed E-state index contributed by atoms with van der Waals surface area (Å²) in [4.78, 5) is 20.4. The van der Waals surface area contributed by atoms with Gasteiger partial charge in [0.25, 0.3) is 5.91 Å². The lowest BCUT2D eigenvalue weighted by Crippen LogP contribution is -2.35. The fourth-order valence-corrected chi connectivity index (χ4v) is 5.16. The van der Waals surface area contributed by atoms with Crippen LogP contribution in [0.1, 0.15) is 54.9 Å². The van der Waals surface area contributed by atoms with Crippen molar-refractivity contribution >= 4 is 51.0 Å². The van der Waals surface area contributed by atoms with Gasteiger partial charge in [-0.2, -0.15) is 5.10 Å². The number of carbonyl (C=O) groups excluding carboxylic acids is 1. The van der Waals surface area contributed by atoms with E-state index < -0.39 is 0 Å². The molecule has 0 radical (unpaired) electrons. The number of hydrogen-bond acceptors (Lipinski definition) is 4. The third-order valence-corrected chi connectivity index (χ3v) is 7.49. The van der Waals surface area contributed by atoms with Gasteiger partial charge in [0.05, 0.1) is 17.4 Å². The van der Waals surface area contributed by atoms with E-state index in [0.717, 1.165) is 51.9 Å². The first kappa shape index (κ1) is 20.7. The summed E-state index contributed by atoms with van der Waals surface area (Å²) in [5, 5.41) is 8.55. The van der Waals surface area contributed by atoms with Crippen molar-refractivity contribution < 1.29 is 4.79 Å². The van der Waals surface area contributed by atoms with Crippen molar-refractivity contribution in [1.29, 1.82) is 0 Å². The third kappa shape index (κ3) is 4.04. The predicted octanol–water partition coefficient (Wildman–Crippen LogP) is 5.39. The van der Waals surface area contributed by atoms with Crippen LogP contribution < -0.4 is 10.2 Å². The van der Waals surface area contributed by atoms with Crippen molar-refractivity contribution in [1.82, 2.24) is 14.8 Å². The van der Waals surface area contributed by atoms with Crippen LogP contribution in [0.3, 0.4) is 0 Å². The molecule has 1 aliphatic carbocycles. The van der Waals surface area contributed by atoms with Crippen molar-refractivity contribution in [2.24, 2.45) is 5.41 Å². The predicted molar refractivity (Wildman–Crippen MR) is 133 cm³/mol. The highest BCUT2D eigenvalue weighted by Crippen LogP contribution is 2.54. The fraction of sp³-hybridized carbons (Fsp3) is 0.458. The van der Waals surface area contributed by atoms with Crippen LogP contribution in [-0.4, -0.2) is 33.8 Å². The molecule has 1 aliphatic heterocycles. The van der Waals surface area contributed by atoms with E-state index in [-0.39, 0.29) is 5.91 Å². The largest absolute Gasteiger partial charge is 0.371 e. The lowest BCUT2D eigenvalue weighted by Gasteiger charge is -2.35. The molecule has 7 heteroatoms. The minimum absolute atomic E-state index is 0.106. The molecule has 6 nitrogen and oxygen atoms in total. The molecular formula is C24H28IN5O. The molecule has 2 aliphatic rings. The molecule has 0 unspecified atom stereocenters. The summed E-state index contributed by atoms with van der Waals surface area (Å²) in [5.41, 5.74) is 4.25. The number of halogens is 1. The van der Waals surface area contributed by atoms with Crippen molar-refractivity contribution in [3.63, 3.8) is 0 Å². The number of aryl methyl sites for hydroxylation is 2. The number of fused-ring (bicyclic) bond motifs is 1. The number of hydrogen-bond donors (Lipinski definition) is 1. The maximum absolute atomic E-state index is 13.3. The monoisotopic (exact) mass is 529 g/mol. The first-order valence-electron chi connectivity index (χ1n) is 11.2. The first-order valence-corrected chi connectivity index (χ1v) is 12.2. The van der Waals surface area contributed by atoms with Crippen molar-refractivity contribution in [2.75, 3.05) is 23.3 Å². The maximum atomic E-state index is 13.3. The quantitative estimate of drug-likeness (QED) is 0.451. The molecule has 31 heavy (non-hydrogen) atoms. The lowest BCUT2D eigenvalue weighted by atomic mass is 9.93. The number of nitrogens with zero attached hydrogens (tertiary/aromatic N) is 4. The van der Waals surface area contributed by atoms with Crippen LogP contribution in [0.4, 0.5) is 11.5 Å². The van der Waals surface area contributed by atoms with E-state index in [1.807, 2.05) is 36.0 Å². The molecule has 2 fully saturated rings. The average molecular weight is 529 g/mol. The van der Waals surface area contributed by atoms with Gasteiger partial charge in [-0.3, -0.25) is 4.79 Å². The van der Waals surface area contributed by atoms with Gasteiger partial charge in [0.15, 0.2) is 5.65 Å². The van der Waals surface area contributed by atoms with Gasteiger partial charge in [-0.05, 0) is 96.9 Å². The molecule has 0 bridgehead atoms. The average Bonchev–Trinajstić information content (AvgIpc) is 3.38. The lowest BCUT2D eigenvalue weighted by molar-refractivity contribution is 0.102. The maximum Gasteiger partial charge on any atom is 0.258 e. The molecule has 1 spiro atoms. The van der Waals surface area contributed by atoms with Crippen LogP contribution in [-0.2, 0) is 6.54 Å². The van der Waals surface area contributed by atoms with Crippen molar-refractivity contribution in [3.05, 3.63) is 45.2 Å². The van der Waals surface area contributed by atoms with Crippen LogP contribution in [0.2, 0.25) is 0 Å². The summed E-state index contributed by atoms with van der Waals surface area (Å²) >= 11 is 2.33. The summed E-state index contributed by atoms with van der Waals surface area (Å²) in [5.74, 6) is 0.471. The summed E-state index contributed by atoms with van der Waals surface area (Å²) in [6.45, 7) is 7.02. The van der Waals surface area contributed by atoms with Crippen molar-refractivity contribution in [3.8, 4) is 0 Å². The summed E-state index contributed by atoms with van der Waals surface area (Å²) in [6.07, 6.45) is 8.07. The number of amides is 1. The zero-order valence-corrected chi connectivity index (χ0v) is 20.3. The number of pyridine rings is 1. The van der Waals surface area contributed by atoms with Crippen molar-refractivity contribution in [2.45, 2.75) is 52.5 Å². The van der Waals surface area contributed by atoms with Crippen LogP contribution in [0.25, 0.3) is 11.0 Å². The fourth-order valence-electron chi connectivity index (χ4n) is 4.68. The summed E-state index contributed by atoms with van der Waals surface area (Å²) < 4.78 is 3.06. The Morgan fingerprint density at radius 2 is 1.97 bits per heavy atom. The van der Waals surface area contributed by atoms with E-state index in [0.29, 0.717) is 16.8 Å². The third-order valence-electron chi connectivity index (χ3n) is 6.82. The van der Waals surface area contributed by atoms with Crippen LogP contribution >= 0.6 is 22.6 Å². The summed E-state index contributed by atoms with van der Waals surface area (Å²) in [7, 11) is 0. The Bertz CT molecular complexity index is 1140. The van der Waals surface area contributed by atoms with Crippen LogP contribution in [0.5, 0.6) is 0 Å². The summed E-state index contributed by atoms with van der Waals surface area (Å²) in [6, 6.07) is 8.02. The highest BCUT2D eigenvalue weighted by molar-refractivity contribution is 14.1. The molecule has 1 amide bonds. The number of carbonyl (C=O) groups is 1. The molecule has 3 aromatic rings. The number of rotatable bonds is 5. The van der Waals surface area contributed by atoms with Gasteiger partial charge >= 0.3 is 0 Å². The van der Waals surface area contributed by atoms with Crippen LogP contribution in [0, 0.1) is 15.9 Å². The number of piperidine rings is 1. The minimum atomic E-state index is -0.106. The molecule has 162 valence electrons. The zero-order valence-electron chi connectivity index (χ0n) is 18.1. The Morgan fingerprint density at radius 1 is 1.19 bits per heavy atom. The second kappa shape index (κ2) is 8.07. The van der Waals surface area contributed by atoms with E-state index in [1.165, 1.54) is 25.7 Å². The highest BCUT2D eigenvalue weighted by Gasteiger charge is 2.44. The molecule has 3 heterocycles. The van der Waals surface area contributed by atoms with Gasteiger partial charge in [-0.1, -0.05) is 6.92 Å². The molecule has 2 aromatic heterocycles. The Morgan fingerprint density at radius 3 is 2.68 bits per heavy atom. The number of aromatic nitrogens is 3. The van der Waals surface area contributed by atoms with Crippen LogP contribution in [0.15, 0.2) is 30.5 Å². The number of anilines is 2. The molecule has 1 saturated heterocycles. The second-order valence-electron chi connectivity index (χ2n) is 9.03. The smallest absolute Gasteiger partial charge is 0.258 e. The Kier molecular flexibility index (Phi) is 5.40. The first-order chi connectivity index (χ1) is 15.0. The number of nitrogens with one attached hydrogen (secondary N) is 1. The van der Waals surface area contributed by atoms with Gasteiger partial charge in [-0.25, -0.2) is 9.67 Å². The molecule has 5 rings (SSSR count). The minimum Gasteiger partial charge on any atom is -0.371 e. The van der Waals surface area contributed by atoms with E-state index in [9.17, 15) is 4.79 Å². The Balaban J connectivity index is 1.42.